The standard InChI is InChI=1S/C24H28N2O3/c1-29-18-23(28)26-15-13-24(20-10-6-3-7-11-20)12-14-25(22(27)16-21(24)26)17-19-8-4-2-5-9-19/h2-11,21H,12-18H2,1H3/t21-,24-/m1/s1. The average molecular weight is 392 g/mol. The maximum Gasteiger partial charge on any atom is 0.248 e. The molecule has 5 nitrogen and oxygen atoms in total. The van der Waals surface area contributed by atoms with Gasteiger partial charge in [-0.25, -0.2) is 0 Å². The lowest BCUT2D eigenvalue weighted by Crippen LogP contribution is -2.46. The van der Waals surface area contributed by atoms with Crippen LogP contribution in [-0.4, -0.2) is 54.5 Å². The second kappa shape index (κ2) is 8.37. The van der Waals surface area contributed by atoms with Crippen LogP contribution in [0.1, 0.15) is 30.4 Å². The maximum atomic E-state index is 13.2. The number of ether oxygens (including phenoxy) is 1. The lowest BCUT2D eigenvalue weighted by atomic mass is 9.71. The minimum atomic E-state index is -0.189. The van der Waals surface area contributed by atoms with Crippen molar-refractivity contribution >= 4 is 11.8 Å². The summed E-state index contributed by atoms with van der Waals surface area (Å²) in [6.07, 6.45) is 2.10. The van der Waals surface area contributed by atoms with Crippen LogP contribution in [0.5, 0.6) is 0 Å². The molecule has 2 amide bonds. The van der Waals surface area contributed by atoms with Crippen LogP contribution >= 0.6 is 0 Å². The number of rotatable bonds is 5. The molecule has 2 aliphatic rings. The van der Waals surface area contributed by atoms with Crippen LogP contribution in [0.3, 0.4) is 0 Å². The lowest BCUT2D eigenvalue weighted by molar-refractivity contribution is -0.138. The molecule has 0 radical (unpaired) electrons. The molecule has 2 heterocycles. The quantitative estimate of drug-likeness (QED) is 0.786. The summed E-state index contributed by atoms with van der Waals surface area (Å²) in [7, 11) is 1.54. The van der Waals surface area contributed by atoms with E-state index < -0.39 is 0 Å². The third-order valence-corrected chi connectivity index (χ3v) is 6.51. The highest BCUT2D eigenvalue weighted by Crippen LogP contribution is 2.46. The van der Waals surface area contributed by atoms with E-state index in [9.17, 15) is 9.59 Å². The zero-order valence-corrected chi connectivity index (χ0v) is 16.9. The van der Waals surface area contributed by atoms with E-state index in [2.05, 4.69) is 36.4 Å². The highest BCUT2D eigenvalue weighted by molar-refractivity contribution is 5.82. The summed E-state index contributed by atoms with van der Waals surface area (Å²) in [5.74, 6) is 0.0911. The normalized spacial score (nSPS) is 24.3. The van der Waals surface area contributed by atoms with Crippen LogP contribution in [0, 0.1) is 0 Å². The van der Waals surface area contributed by atoms with Crippen LogP contribution in [-0.2, 0) is 26.3 Å². The Morgan fingerprint density at radius 1 is 1.03 bits per heavy atom. The number of carbonyl (C=O) groups excluding carboxylic acids is 2. The minimum Gasteiger partial charge on any atom is -0.375 e. The summed E-state index contributed by atoms with van der Waals surface area (Å²) in [5, 5.41) is 0. The predicted molar refractivity (Wildman–Crippen MR) is 111 cm³/mol. The fourth-order valence-electron chi connectivity index (χ4n) is 5.02. The fraction of sp³-hybridized carbons (Fsp3) is 0.417. The van der Waals surface area contributed by atoms with Gasteiger partial charge in [-0.1, -0.05) is 60.7 Å². The smallest absolute Gasteiger partial charge is 0.248 e. The molecule has 2 fully saturated rings. The molecule has 0 N–H and O–H groups in total. The molecule has 5 heteroatoms. The van der Waals surface area contributed by atoms with E-state index in [0.717, 1.165) is 18.4 Å². The van der Waals surface area contributed by atoms with Crippen LogP contribution in [0.2, 0.25) is 0 Å². The molecule has 0 aromatic heterocycles. The third-order valence-electron chi connectivity index (χ3n) is 6.51. The van der Waals surface area contributed by atoms with Crippen molar-refractivity contribution in [3.63, 3.8) is 0 Å². The number of carbonyl (C=O) groups is 2. The van der Waals surface area contributed by atoms with E-state index in [-0.39, 0.29) is 29.9 Å². The number of fused-ring (bicyclic) bond motifs is 1. The summed E-state index contributed by atoms with van der Waals surface area (Å²) in [4.78, 5) is 29.8. The second-order valence-electron chi connectivity index (χ2n) is 8.06. The molecule has 4 rings (SSSR count). The Bertz CT molecular complexity index is 855. The first-order valence-electron chi connectivity index (χ1n) is 10.3. The molecule has 0 aliphatic carbocycles. The molecule has 2 aromatic rings. The lowest BCUT2D eigenvalue weighted by Gasteiger charge is -2.36. The number of likely N-dealkylation sites (tertiary alicyclic amines) is 2. The van der Waals surface area contributed by atoms with E-state index in [4.69, 9.17) is 4.74 Å². The number of nitrogens with zero attached hydrogens (tertiary/aromatic N) is 2. The highest BCUT2D eigenvalue weighted by Gasteiger charge is 2.52. The summed E-state index contributed by atoms with van der Waals surface area (Å²) in [5.41, 5.74) is 2.17. The van der Waals surface area contributed by atoms with Gasteiger partial charge in [0.1, 0.15) is 6.61 Å². The average Bonchev–Trinajstić information content (AvgIpc) is 3.05. The zero-order valence-electron chi connectivity index (χ0n) is 16.9. The van der Waals surface area contributed by atoms with Gasteiger partial charge in [-0.05, 0) is 24.0 Å². The van der Waals surface area contributed by atoms with E-state index in [1.54, 1.807) is 0 Å². The van der Waals surface area contributed by atoms with E-state index in [1.165, 1.54) is 12.7 Å². The molecular formula is C24H28N2O3. The molecule has 2 atom stereocenters. The highest BCUT2D eigenvalue weighted by atomic mass is 16.5. The monoisotopic (exact) mass is 392 g/mol. The fourth-order valence-corrected chi connectivity index (χ4v) is 5.02. The van der Waals surface area contributed by atoms with Crippen LogP contribution in [0.4, 0.5) is 0 Å². The van der Waals surface area contributed by atoms with Gasteiger partial charge in [-0.2, -0.15) is 0 Å². The van der Waals surface area contributed by atoms with Gasteiger partial charge >= 0.3 is 0 Å². The number of hydrogen-bond acceptors (Lipinski definition) is 3. The Morgan fingerprint density at radius 2 is 1.69 bits per heavy atom. The van der Waals surface area contributed by atoms with Crippen molar-refractivity contribution in [3.05, 3.63) is 71.8 Å². The minimum absolute atomic E-state index is 0.0281. The van der Waals surface area contributed by atoms with Crippen molar-refractivity contribution in [2.75, 3.05) is 26.8 Å². The van der Waals surface area contributed by atoms with Crippen molar-refractivity contribution in [2.24, 2.45) is 0 Å². The van der Waals surface area contributed by atoms with Crippen molar-refractivity contribution in [3.8, 4) is 0 Å². The van der Waals surface area contributed by atoms with Gasteiger partial charge in [0.2, 0.25) is 11.8 Å². The zero-order chi connectivity index (χ0) is 20.3. The van der Waals surface area contributed by atoms with Gasteiger partial charge in [0.25, 0.3) is 0 Å². The first-order chi connectivity index (χ1) is 14.1. The molecule has 0 bridgehead atoms. The molecular weight excluding hydrogens is 364 g/mol. The summed E-state index contributed by atoms with van der Waals surface area (Å²) in [6, 6.07) is 20.4. The number of hydrogen-bond donors (Lipinski definition) is 0. The predicted octanol–water partition coefficient (Wildman–Crippen LogP) is 2.99. The van der Waals surface area contributed by atoms with E-state index in [1.807, 2.05) is 34.1 Å². The van der Waals surface area contributed by atoms with Gasteiger partial charge in [-0.3, -0.25) is 9.59 Å². The second-order valence-corrected chi connectivity index (χ2v) is 8.06. The Hall–Kier alpha value is -2.66. The molecule has 2 saturated heterocycles. The Morgan fingerprint density at radius 3 is 2.38 bits per heavy atom. The Labute approximate surface area is 172 Å². The number of benzene rings is 2. The largest absolute Gasteiger partial charge is 0.375 e. The first kappa shape index (κ1) is 19.6. The Balaban J connectivity index is 1.65. The first-order valence-corrected chi connectivity index (χ1v) is 10.3. The molecule has 0 spiro atoms. The van der Waals surface area contributed by atoms with Crippen LogP contribution in [0.15, 0.2) is 60.7 Å². The number of amides is 2. The summed E-state index contributed by atoms with van der Waals surface area (Å²) >= 11 is 0. The van der Waals surface area contributed by atoms with Crippen LogP contribution < -0.4 is 0 Å². The summed E-state index contributed by atoms with van der Waals surface area (Å²) < 4.78 is 5.11. The maximum absolute atomic E-state index is 13.2. The van der Waals surface area contributed by atoms with Gasteiger partial charge in [0.15, 0.2) is 0 Å². The Kier molecular flexibility index (Phi) is 5.67. The molecule has 0 saturated carbocycles. The van der Waals surface area contributed by atoms with E-state index in [0.29, 0.717) is 26.1 Å². The third kappa shape index (κ3) is 3.79. The molecule has 152 valence electrons. The van der Waals surface area contributed by atoms with Crippen molar-refractivity contribution in [1.29, 1.82) is 0 Å². The molecule has 0 unspecified atom stereocenters. The molecule has 2 aliphatic heterocycles. The van der Waals surface area contributed by atoms with Gasteiger partial charge in [0, 0.05) is 38.6 Å². The molecule has 29 heavy (non-hydrogen) atoms. The number of methoxy groups -OCH3 is 1. The van der Waals surface area contributed by atoms with Gasteiger partial charge < -0.3 is 14.5 Å². The van der Waals surface area contributed by atoms with E-state index >= 15 is 0 Å². The van der Waals surface area contributed by atoms with Crippen molar-refractivity contribution in [2.45, 2.75) is 37.3 Å². The van der Waals surface area contributed by atoms with Gasteiger partial charge in [0.05, 0.1) is 6.04 Å². The van der Waals surface area contributed by atoms with Crippen molar-refractivity contribution < 1.29 is 14.3 Å². The SMILES string of the molecule is COCC(=O)N1CC[C@@]2(c3ccccc3)CCN(Cc3ccccc3)C(=O)C[C@@H]12. The van der Waals surface area contributed by atoms with Gasteiger partial charge in [-0.15, -0.1) is 0 Å². The van der Waals surface area contributed by atoms with Crippen molar-refractivity contribution in [1.82, 2.24) is 9.80 Å². The molecule has 2 aromatic carbocycles. The van der Waals surface area contributed by atoms with Crippen LogP contribution in [0.25, 0.3) is 0 Å². The topological polar surface area (TPSA) is 49.9 Å². The summed E-state index contributed by atoms with van der Waals surface area (Å²) in [6.45, 7) is 2.05.